The summed E-state index contributed by atoms with van der Waals surface area (Å²) in [6.45, 7) is 4.27. The lowest BCUT2D eigenvalue weighted by Crippen LogP contribution is -1.99. The number of aromatic nitrogens is 3. The first kappa shape index (κ1) is 11.5. The zero-order valence-corrected chi connectivity index (χ0v) is 10.7. The molecule has 3 nitrogen and oxygen atoms in total. The molecule has 5 heteroatoms. The molecule has 16 heavy (non-hydrogen) atoms. The highest BCUT2D eigenvalue weighted by molar-refractivity contribution is 7.99. The SMILES string of the molecule is CC(C)Sc1ccn(-c2ncccc2Cl)n1. The summed E-state index contributed by atoms with van der Waals surface area (Å²) in [6.07, 6.45) is 3.58. The van der Waals surface area contributed by atoms with Gasteiger partial charge in [-0.25, -0.2) is 9.67 Å². The molecule has 0 aliphatic carbocycles. The second-order valence-corrected chi connectivity index (χ2v) is 5.58. The van der Waals surface area contributed by atoms with Gasteiger partial charge in [-0.1, -0.05) is 25.4 Å². The monoisotopic (exact) mass is 253 g/mol. The van der Waals surface area contributed by atoms with Crippen molar-refractivity contribution in [1.82, 2.24) is 14.8 Å². The molecule has 0 radical (unpaired) electrons. The van der Waals surface area contributed by atoms with Crippen LogP contribution in [-0.2, 0) is 0 Å². The van der Waals surface area contributed by atoms with Crippen LogP contribution in [-0.4, -0.2) is 20.0 Å². The number of nitrogens with zero attached hydrogens (tertiary/aromatic N) is 3. The van der Waals surface area contributed by atoms with Crippen LogP contribution in [0.2, 0.25) is 5.02 Å². The van der Waals surface area contributed by atoms with Crippen molar-refractivity contribution >= 4 is 23.4 Å². The number of hydrogen-bond acceptors (Lipinski definition) is 3. The van der Waals surface area contributed by atoms with Crippen molar-refractivity contribution in [3.8, 4) is 5.82 Å². The predicted molar refractivity (Wildman–Crippen MR) is 67.4 cm³/mol. The molecule has 0 unspecified atom stereocenters. The molecule has 0 aliphatic rings. The molecule has 0 atom stereocenters. The molecule has 2 heterocycles. The molecular formula is C11H12ClN3S. The van der Waals surface area contributed by atoms with E-state index in [0.717, 1.165) is 5.03 Å². The molecule has 2 aromatic heterocycles. The summed E-state index contributed by atoms with van der Waals surface area (Å²) in [4.78, 5) is 4.20. The van der Waals surface area contributed by atoms with Crippen molar-refractivity contribution in [2.45, 2.75) is 24.1 Å². The van der Waals surface area contributed by atoms with Crippen molar-refractivity contribution in [2.24, 2.45) is 0 Å². The lowest BCUT2D eigenvalue weighted by atomic mass is 10.4. The number of halogens is 1. The topological polar surface area (TPSA) is 30.7 Å². The van der Waals surface area contributed by atoms with E-state index >= 15 is 0 Å². The van der Waals surface area contributed by atoms with Gasteiger partial charge in [0.25, 0.3) is 0 Å². The third-order valence-corrected chi connectivity index (χ3v) is 3.10. The number of hydrogen-bond donors (Lipinski definition) is 0. The van der Waals surface area contributed by atoms with Gasteiger partial charge in [0.2, 0.25) is 0 Å². The highest BCUT2D eigenvalue weighted by atomic mass is 35.5. The molecule has 0 N–H and O–H groups in total. The molecule has 0 bridgehead atoms. The molecule has 0 aromatic carbocycles. The summed E-state index contributed by atoms with van der Waals surface area (Å²) in [5.41, 5.74) is 0. The van der Waals surface area contributed by atoms with Crippen molar-refractivity contribution in [3.05, 3.63) is 35.6 Å². The molecule has 0 fully saturated rings. The average molecular weight is 254 g/mol. The normalized spacial score (nSPS) is 11.0. The minimum atomic E-state index is 0.516. The van der Waals surface area contributed by atoms with Crippen LogP contribution in [0.3, 0.4) is 0 Å². The molecule has 2 rings (SSSR count). The van der Waals surface area contributed by atoms with Crippen LogP contribution in [0, 0.1) is 0 Å². The van der Waals surface area contributed by atoms with Gasteiger partial charge in [-0.3, -0.25) is 0 Å². The number of thioether (sulfide) groups is 1. The Morgan fingerprint density at radius 2 is 2.19 bits per heavy atom. The van der Waals surface area contributed by atoms with Crippen LogP contribution in [0.4, 0.5) is 0 Å². The van der Waals surface area contributed by atoms with Gasteiger partial charge >= 0.3 is 0 Å². The van der Waals surface area contributed by atoms with Gasteiger partial charge in [0, 0.05) is 17.6 Å². The summed E-state index contributed by atoms with van der Waals surface area (Å²) in [7, 11) is 0. The maximum absolute atomic E-state index is 6.04. The first-order chi connectivity index (χ1) is 7.66. The molecule has 0 spiro atoms. The van der Waals surface area contributed by atoms with Gasteiger partial charge in [0.1, 0.15) is 5.03 Å². The first-order valence-electron chi connectivity index (χ1n) is 5.00. The minimum Gasteiger partial charge on any atom is -0.236 e. The number of rotatable bonds is 3. The molecule has 0 saturated heterocycles. The Balaban J connectivity index is 2.28. The van der Waals surface area contributed by atoms with Crippen LogP contribution in [0.15, 0.2) is 35.6 Å². The third kappa shape index (κ3) is 2.57. The predicted octanol–water partition coefficient (Wildman–Crippen LogP) is 3.42. The fourth-order valence-corrected chi connectivity index (χ4v) is 2.24. The van der Waals surface area contributed by atoms with Crippen molar-refractivity contribution in [3.63, 3.8) is 0 Å². The second-order valence-electron chi connectivity index (χ2n) is 3.57. The molecule has 0 aliphatic heterocycles. The van der Waals surface area contributed by atoms with Gasteiger partial charge in [0.05, 0.1) is 5.02 Å². The molecule has 84 valence electrons. The maximum Gasteiger partial charge on any atom is 0.172 e. The van der Waals surface area contributed by atoms with Crippen molar-refractivity contribution < 1.29 is 0 Å². The first-order valence-corrected chi connectivity index (χ1v) is 6.26. The standard InChI is InChI=1S/C11H12ClN3S/c1-8(2)16-10-5-7-15(14-10)11-9(12)4-3-6-13-11/h3-8H,1-2H3. The molecular weight excluding hydrogens is 242 g/mol. The zero-order valence-electron chi connectivity index (χ0n) is 9.09. The lowest BCUT2D eigenvalue weighted by molar-refractivity contribution is 0.810. The van der Waals surface area contributed by atoms with E-state index in [9.17, 15) is 0 Å². The van der Waals surface area contributed by atoms with Gasteiger partial charge < -0.3 is 0 Å². The molecule has 0 amide bonds. The van der Waals surface area contributed by atoms with Crippen molar-refractivity contribution in [1.29, 1.82) is 0 Å². The fourth-order valence-electron chi connectivity index (χ4n) is 1.28. The summed E-state index contributed by atoms with van der Waals surface area (Å²) in [6, 6.07) is 5.58. The van der Waals surface area contributed by atoms with Gasteiger partial charge in [-0.2, -0.15) is 5.10 Å². The Hall–Kier alpha value is -1.00. The van der Waals surface area contributed by atoms with E-state index in [1.54, 1.807) is 34.8 Å². The second kappa shape index (κ2) is 4.89. The quantitative estimate of drug-likeness (QED) is 0.786. The van der Waals surface area contributed by atoms with Gasteiger partial charge in [-0.15, -0.1) is 11.8 Å². The minimum absolute atomic E-state index is 0.516. The summed E-state index contributed by atoms with van der Waals surface area (Å²) in [5, 5.41) is 6.52. The van der Waals surface area contributed by atoms with Crippen LogP contribution >= 0.6 is 23.4 Å². The van der Waals surface area contributed by atoms with Crippen LogP contribution < -0.4 is 0 Å². The van der Waals surface area contributed by atoms with E-state index in [-0.39, 0.29) is 0 Å². The largest absolute Gasteiger partial charge is 0.236 e. The van der Waals surface area contributed by atoms with E-state index in [1.165, 1.54) is 0 Å². The smallest absolute Gasteiger partial charge is 0.172 e. The van der Waals surface area contributed by atoms with Crippen molar-refractivity contribution in [2.75, 3.05) is 0 Å². The van der Waals surface area contributed by atoms with E-state index in [0.29, 0.717) is 16.1 Å². The van der Waals surface area contributed by atoms with Crippen LogP contribution in [0.1, 0.15) is 13.8 Å². The zero-order chi connectivity index (χ0) is 11.5. The van der Waals surface area contributed by atoms with Crippen LogP contribution in [0.25, 0.3) is 5.82 Å². The fraction of sp³-hybridized carbons (Fsp3) is 0.273. The number of pyridine rings is 1. The van der Waals surface area contributed by atoms with E-state index in [4.69, 9.17) is 11.6 Å². The molecule has 2 aromatic rings. The summed E-state index contributed by atoms with van der Waals surface area (Å²) < 4.78 is 1.70. The third-order valence-electron chi connectivity index (χ3n) is 1.88. The summed E-state index contributed by atoms with van der Waals surface area (Å²) >= 11 is 7.76. The van der Waals surface area contributed by atoms with Crippen LogP contribution in [0.5, 0.6) is 0 Å². The Morgan fingerprint density at radius 3 is 2.88 bits per heavy atom. The Morgan fingerprint density at radius 1 is 1.38 bits per heavy atom. The van der Waals surface area contributed by atoms with Gasteiger partial charge in [0.15, 0.2) is 5.82 Å². The Bertz CT molecular complexity index is 482. The summed E-state index contributed by atoms with van der Waals surface area (Å²) in [5.74, 6) is 0.666. The Labute approximate surface area is 104 Å². The Kier molecular flexibility index (Phi) is 3.51. The van der Waals surface area contributed by atoms with E-state index < -0.39 is 0 Å². The maximum atomic E-state index is 6.04. The lowest BCUT2D eigenvalue weighted by Gasteiger charge is -2.02. The van der Waals surface area contributed by atoms with Gasteiger partial charge in [-0.05, 0) is 18.2 Å². The average Bonchev–Trinajstić information content (AvgIpc) is 2.66. The van der Waals surface area contributed by atoms with E-state index in [2.05, 4.69) is 23.9 Å². The molecule has 0 saturated carbocycles. The highest BCUT2D eigenvalue weighted by Crippen LogP contribution is 2.22. The van der Waals surface area contributed by atoms with E-state index in [1.807, 2.05) is 12.3 Å². The highest BCUT2D eigenvalue weighted by Gasteiger charge is 2.07.